The van der Waals surface area contributed by atoms with Crippen LogP contribution in [0.1, 0.15) is 51.0 Å². The second-order valence-electron chi connectivity index (χ2n) is 9.73. The molecule has 2 atom stereocenters. The summed E-state index contributed by atoms with van der Waals surface area (Å²) in [5.74, 6) is 2.88. The third-order valence-electron chi connectivity index (χ3n) is 7.43. The van der Waals surface area contributed by atoms with Crippen molar-refractivity contribution in [3.05, 3.63) is 29.8 Å². The van der Waals surface area contributed by atoms with Crippen LogP contribution in [-0.2, 0) is 11.3 Å². The normalized spacial score (nSPS) is 31.8. The van der Waals surface area contributed by atoms with Crippen LogP contribution in [0.3, 0.4) is 0 Å². The van der Waals surface area contributed by atoms with Crippen molar-refractivity contribution in [3.8, 4) is 5.75 Å². The molecule has 1 aromatic rings. The molecule has 0 heterocycles. The maximum atomic E-state index is 12.7. The van der Waals surface area contributed by atoms with E-state index in [1.54, 1.807) is 7.11 Å². The zero-order valence-corrected chi connectivity index (χ0v) is 17.8. The van der Waals surface area contributed by atoms with E-state index in [1.165, 1.54) is 19.3 Å². The molecule has 4 aliphatic rings. The summed E-state index contributed by atoms with van der Waals surface area (Å²) in [7, 11) is 3.62. The number of carbonyl (C=O) groups excluding carboxylic acids is 2. The summed E-state index contributed by atoms with van der Waals surface area (Å²) in [6, 6.07) is 7.22. The van der Waals surface area contributed by atoms with Crippen molar-refractivity contribution in [3.63, 3.8) is 0 Å². The standard InChI is InChI=1S/C23H33N3O3/c1-15(26(2)14-16-4-6-20(29-3)7-5-16)21(27)24-22(28)25-23-11-17-8-18(12-23)10-19(9-17)13-23/h4-7,15,17-19H,8-14H2,1-3H3,(H2,24,25,27,28)/p+1/t15-,17?,18?,19?,23?/m1/s1. The SMILES string of the molecule is COc1ccc(C[NH+](C)[C@H](C)C(=O)NC(=O)NC23CC4CC(CC(C4)C2)C3)cc1. The Hall–Kier alpha value is -2.08. The highest BCUT2D eigenvalue weighted by Crippen LogP contribution is 2.55. The molecule has 4 aliphatic carbocycles. The van der Waals surface area contributed by atoms with Crippen molar-refractivity contribution in [2.75, 3.05) is 14.2 Å². The molecular formula is C23H34N3O3+. The maximum absolute atomic E-state index is 12.7. The van der Waals surface area contributed by atoms with Crippen molar-refractivity contribution >= 4 is 11.9 Å². The number of urea groups is 1. The first-order chi connectivity index (χ1) is 13.9. The van der Waals surface area contributed by atoms with Crippen LogP contribution in [0.2, 0.25) is 0 Å². The molecule has 1 unspecified atom stereocenters. The Morgan fingerprint density at radius 1 is 1.10 bits per heavy atom. The molecule has 3 amide bonds. The van der Waals surface area contributed by atoms with Gasteiger partial charge in [0.1, 0.15) is 12.3 Å². The third-order valence-corrected chi connectivity index (χ3v) is 7.43. The van der Waals surface area contributed by atoms with E-state index in [1.807, 2.05) is 38.2 Å². The number of imide groups is 1. The number of benzene rings is 1. The van der Waals surface area contributed by atoms with E-state index in [-0.39, 0.29) is 23.5 Å². The molecule has 4 bridgehead atoms. The molecule has 6 nitrogen and oxygen atoms in total. The van der Waals surface area contributed by atoms with E-state index in [9.17, 15) is 9.59 Å². The lowest BCUT2D eigenvalue weighted by Crippen LogP contribution is -3.12. The van der Waals surface area contributed by atoms with Crippen LogP contribution in [0.5, 0.6) is 5.75 Å². The van der Waals surface area contributed by atoms with Gasteiger partial charge in [-0.2, -0.15) is 0 Å². The Morgan fingerprint density at radius 3 is 2.17 bits per heavy atom. The summed E-state index contributed by atoms with van der Waals surface area (Å²) in [5, 5.41) is 5.83. The first-order valence-corrected chi connectivity index (χ1v) is 10.9. The van der Waals surface area contributed by atoms with Crippen molar-refractivity contribution in [2.24, 2.45) is 17.8 Å². The molecule has 0 aromatic heterocycles. The lowest BCUT2D eigenvalue weighted by molar-refractivity contribution is -0.908. The molecule has 5 rings (SSSR count). The Kier molecular flexibility index (Phi) is 5.56. The minimum absolute atomic E-state index is 0.0792. The van der Waals surface area contributed by atoms with Crippen LogP contribution in [0, 0.1) is 17.8 Å². The van der Waals surface area contributed by atoms with Crippen molar-refractivity contribution in [1.29, 1.82) is 0 Å². The smallest absolute Gasteiger partial charge is 0.322 e. The molecule has 0 radical (unpaired) electrons. The predicted molar refractivity (Wildman–Crippen MR) is 111 cm³/mol. The van der Waals surface area contributed by atoms with E-state index in [4.69, 9.17) is 4.74 Å². The fraction of sp³-hybridized carbons (Fsp3) is 0.652. The van der Waals surface area contributed by atoms with Gasteiger partial charge in [0.05, 0.1) is 14.2 Å². The van der Waals surface area contributed by atoms with E-state index in [0.717, 1.165) is 53.2 Å². The van der Waals surface area contributed by atoms with E-state index in [2.05, 4.69) is 10.6 Å². The van der Waals surface area contributed by atoms with Crippen LogP contribution in [-0.4, -0.2) is 37.7 Å². The Labute approximate surface area is 173 Å². The van der Waals surface area contributed by atoms with Crippen molar-refractivity contribution in [2.45, 2.75) is 63.6 Å². The summed E-state index contributed by atoms with van der Waals surface area (Å²) >= 11 is 0. The number of carbonyl (C=O) groups is 2. The van der Waals surface area contributed by atoms with Gasteiger partial charge in [0.25, 0.3) is 5.91 Å². The first-order valence-electron chi connectivity index (χ1n) is 10.9. The van der Waals surface area contributed by atoms with Crippen LogP contribution >= 0.6 is 0 Å². The van der Waals surface area contributed by atoms with Crippen LogP contribution < -0.4 is 20.3 Å². The second kappa shape index (κ2) is 7.98. The molecular weight excluding hydrogens is 366 g/mol. The number of methoxy groups -OCH3 is 1. The van der Waals surface area contributed by atoms with Gasteiger partial charge >= 0.3 is 6.03 Å². The van der Waals surface area contributed by atoms with Crippen LogP contribution in [0.15, 0.2) is 24.3 Å². The maximum Gasteiger partial charge on any atom is 0.322 e. The van der Waals surface area contributed by atoms with E-state index in [0.29, 0.717) is 6.54 Å². The lowest BCUT2D eigenvalue weighted by atomic mass is 9.53. The van der Waals surface area contributed by atoms with Gasteiger partial charge in [-0.05, 0) is 87.5 Å². The van der Waals surface area contributed by atoms with Gasteiger partial charge in [0.15, 0.2) is 6.04 Å². The summed E-state index contributed by atoms with van der Waals surface area (Å²) in [5.41, 5.74) is 1.05. The van der Waals surface area contributed by atoms with E-state index >= 15 is 0 Å². The molecule has 158 valence electrons. The topological polar surface area (TPSA) is 71.9 Å². The summed E-state index contributed by atoms with van der Waals surface area (Å²) in [6.45, 7) is 2.57. The molecule has 0 saturated heterocycles. The van der Waals surface area contributed by atoms with Gasteiger partial charge in [-0.3, -0.25) is 10.1 Å². The highest BCUT2D eigenvalue weighted by molar-refractivity contribution is 5.96. The van der Waals surface area contributed by atoms with Crippen molar-refractivity contribution < 1.29 is 19.2 Å². The molecule has 4 saturated carbocycles. The number of hydrogen-bond acceptors (Lipinski definition) is 3. The quantitative estimate of drug-likeness (QED) is 0.683. The molecule has 3 N–H and O–H groups in total. The van der Waals surface area contributed by atoms with Gasteiger partial charge in [-0.25, -0.2) is 4.79 Å². The number of rotatable bonds is 6. The zero-order valence-electron chi connectivity index (χ0n) is 17.8. The Morgan fingerprint density at radius 2 is 1.66 bits per heavy atom. The number of likely N-dealkylation sites (N-methyl/N-ethyl adjacent to an activating group) is 1. The lowest BCUT2D eigenvalue weighted by Gasteiger charge is -2.56. The molecule has 1 aromatic carbocycles. The third kappa shape index (κ3) is 4.42. The Balaban J connectivity index is 1.29. The number of hydrogen-bond donors (Lipinski definition) is 3. The first kappa shape index (κ1) is 20.2. The number of quaternary nitrogens is 1. The molecule has 29 heavy (non-hydrogen) atoms. The van der Waals surface area contributed by atoms with Gasteiger partial charge in [0.2, 0.25) is 0 Å². The molecule has 6 heteroatoms. The van der Waals surface area contributed by atoms with Gasteiger partial charge < -0.3 is 15.0 Å². The monoisotopic (exact) mass is 400 g/mol. The summed E-state index contributed by atoms with van der Waals surface area (Å²) in [4.78, 5) is 26.3. The highest BCUT2D eigenvalue weighted by atomic mass is 16.5. The minimum atomic E-state index is -0.320. The molecule has 4 fully saturated rings. The van der Waals surface area contributed by atoms with Crippen LogP contribution in [0.25, 0.3) is 0 Å². The van der Waals surface area contributed by atoms with Gasteiger partial charge in [0, 0.05) is 11.1 Å². The minimum Gasteiger partial charge on any atom is -0.497 e. The van der Waals surface area contributed by atoms with Crippen LogP contribution in [0.4, 0.5) is 4.79 Å². The zero-order chi connectivity index (χ0) is 20.6. The predicted octanol–water partition coefficient (Wildman–Crippen LogP) is 1.89. The summed E-state index contributed by atoms with van der Waals surface area (Å²) < 4.78 is 5.19. The molecule has 0 aliphatic heterocycles. The average molecular weight is 401 g/mol. The fourth-order valence-electron chi connectivity index (χ4n) is 6.20. The van der Waals surface area contributed by atoms with Gasteiger partial charge in [-0.15, -0.1) is 0 Å². The summed E-state index contributed by atoms with van der Waals surface area (Å²) in [6.07, 6.45) is 7.24. The fourth-order valence-corrected chi connectivity index (χ4v) is 6.20. The Bertz CT molecular complexity index is 726. The van der Waals surface area contributed by atoms with E-state index < -0.39 is 0 Å². The van der Waals surface area contributed by atoms with Gasteiger partial charge in [-0.1, -0.05) is 0 Å². The highest BCUT2D eigenvalue weighted by Gasteiger charge is 2.51. The number of ether oxygens (including phenoxy) is 1. The largest absolute Gasteiger partial charge is 0.497 e. The number of amides is 3. The second-order valence-corrected chi connectivity index (χ2v) is 9.73. The average Bonchev–Trinajstić information content (AvgIpc) is 2.66. The van der Waals surface area contributed by atoms with Crippen molar-refractivity contribution in [1.82, 2.24) is 10.6 Å². The molecule has 0 spiro atoms. The number of nitrogens with one attached hydrogen (secondary N) is 3.